The van der Waals surface area contributed by atoms with Gasteiger partial charge in [0.15, 0.2) is 6.10 Å². The highest BCUT2D eigenvalue weighted by molar-refractivity contribution is 9.11. The van der Waals surface area contributed by atoms with Gasteiger partial charge in [0.1, 0.15) is 0 Å². The number of ether oxygens (including phenoxy) is 1. The van der Waals surface area contributed by atoms with Crippen molar-refractivity contribution in [2.45, 2.75) is 31.5 Å². The number of carboxylic acid groups (broad SMARTS) is 1. The summed E-state index contributed by atoms with van der Waals surface area (Å²) in [5, 5.41) is 8.88. The number of hydrogen-bond acceptors (Lipinski definition) is 3. The van der Waals surface area contributed by atoms with Gasteiger partial charge < -0.3 is 9.84 Å². The highest BCUT2D eigenvalue weighted by Crippen LogP contribution is 2.36. The molecule has 1 fully saturated rings. The van der Waals surface area contributed by atoms with Crippen LogP contribution in [0.2, 0.25) is 0 Å². The largest absolute Gasteiger partial charge is 0.479 e. The van der Waals surface area contributed by atoms with E-state index in [4.69, 9.17) is 9.84 Å². The lowest BCUT2D eigenvalue weighted by Gasteiger charge is -2.26. The number of thiophene rings is 1. The summed E-state index contributed by atoms with van der Waals surface area (Å²) in [5.74, 6) is -0.852. The zero-order valence-electron chi connectivity index (χ0n) is 7.98. The fraction of sp³-hybridized carbons (Fsp3) is 0.500. The van der Waals surface area contributed by atoms with Crippen LogP contribution >= 0.6 is 27.3 Å². The monoisotopic (exact) mass is 290 g/mol. The first-order valence-electron chi connectivity index (χ1n) is 4.80. The molecule has 2 rings (SSSR count). The molecule has 0 bridgehead atoms. The normalized spacial score (nSPS) is 26.5. The van der Waals surface area contributed by atoms with Gasteiger partial charge in [0.2, 0.25) is 0 Å². The first kappa shape index (κ1) is 11.1. The molecule has 1 saturated heterocycles. The Morgan fingerprint density at radius 2 is 2.33 bits per heavy atom. The van der Waals surface area contributed by atoms with E-state index in [1.165, 1.54) is 0 Å². The maximum absolute atomic E-state index is 10.8. The molecule has 0 spiro atoms. The van der Waals surface area contributed by atoms with Crippen LogP contribution in [-0.4, -0.2) is 17.2 Å². The van der Waals surface area contributed by atoms with Crippen LogP contribution in [0.25, 0.3) is 0 Å². The molecule has 0 amide bonds. The Hall–Kier alpha value is -0.390. The van der Waals surface area contributed by atoms with Crippen LogP contribution in [0.15, 0.2) is 15.9 Å². The van der Waals surface area contributed by atoms with Crippen LogP contribution in [0.5, 0.6) is 0 Å². The van der Waals surface area contributed by atoms with Crippen molar-refractivity contribution in [2.24, 2.45) is 0 Å². The average Bonchev–Trinajstić information content (AvgIpc) is 2.65. The van der Waals surface area contributed by atoms with Gasteiger partial charge in [0, 0.05) is 4.88 Å². The number of hydrogen-bond donors (Lipinski definition) is 1. The molecule has 2 atom stereocenters. The highest BCUT2D eigenvalue weighted by Gasteiger charge is 2.28. The van der Waals surface area contributed by atoms with E-state index >= 15 is 0 Å². The van der Waals surface area contributed by atoms with Crippen molar-refractivity contribution in [3.05, 3.63) is 20.8 Å². The zero-order chi connectivity index (χ0) is 10.8. The Balaban J connectivity index is 2.07. The van der Waals surface area contributed by atoms with E-state index in [2.05, 4.69) is 15.9 Å². The van der Waals surface area contributed by atoms with Gasteiger partial charge in [-0.05, 0) is 47.3 Å². The maximum atomic E-state index is 10.8. The molecule has 1 aliphatic heterocycles. The van der Waals surface area contributed by atoms with Gasteiger partial charge in [-0.2, -0.15) is 0 Å². The molecule has 5 heteroatoms. The summed E-state index contributed by atoms with van der Waals surface area (Å²) in [6.45, 7) is 0. The van der Waals surface area contributed by atoms with Crippen LogP contribution in [0.3, 0.4) is 0 Å². The summed E-state index contributed by atoms with van der Waals surface area (Å²) in [4.78, 5) is 11.9. The lowest BCUT2D eigenvalue weighted by molar-refractivity contribution is -0.159. The molecular formula is C10H11BrO3S. The number of carbonyl (C=O) groups is 1. The third kappa shape index (κ3) is 2.59. The van der Waals surface area contributed by atoms with E-state index in [0.717, 1.165) is 21.5 Å². The predicted molar refractivity (Wildman–Crippen MR) is 61.1 cm³/mol. The molecule has 2 heterocycles. The van der Waals surface area contributed by atoms with Crippen molar-refractivity contribution in [2.75, 3.05) is 0 Å². The fourth-order valence-electron chi connectivity index (χ4n) is 1.72. The average molecular weight is 291 g/mol. The molecule has 2 unspecified atom stereocenters. The van der Waals surface area contributed by atoms with Crippen LogP contribution in [-0.2, 0) is 9.53 Å². The van der Waals surface area contributed by atoms with Crippen LogP contribution in [0.1, 0.15) is 30.2 Å². The van der Waals surface area contributed by atoms with Gasteiger partial charge in [-0.3, -0.25) is 0 Å². The summed E-state index contributed by atoms with van der Waals surface area (Å²) < 4.78 is 6.59. The Bertz CT molecular complexity index is 363. The third-order valence-electron chi connectivity index (χ3n) is 2.45. The molecule has 1 N–H and O–H groups in total. The molecule has 82 valence electrons. The van der Waals surface area contributed by atoms with Crippen molar-refractivity contribution >= 4 is 33.2 Å². The van der Waals surface area contributed by atoms with Crippen molar-refractivity contribution in [1.29, 1.82) is 0 Å². The minimum atomic E-state index is -0.852. The number of rotatable bonds is 2. The molecule has 0 saturated carbocycles. The summed E-state index contributed by atoms with van der Waals surface area (Å²) in [6.07, 6.45) is 1.77. The summed E-state index contributed by atoms with van der Waals surface area (Å²) in [6, 6.07) is 3.96. The van der Waals surface area contributed by atoms with Crippen LogP contribution < -0.4 is 0 Å². The fourth-order valence-corrected chi connectivity index (χ4v) is 3.21. The number of halogens is 1. The zero-order valence-corrected chi connectivity index (χ0v) is 10.4. The molecule has 1 aromatic rings. The Labute approximate surface area is 100 Å². The van der Waals surface area contributed by atoms with E-state index in [1.807, 2.05) is 12.1 Å². The second-order valence-electron chi connectivity index (χ2n) is 3.52. The lowest BCUT2D eigenvalue weighted by atomic mass is 10.0. The van der Waals surface area contributed by atoms with Crippen molar-refractivity contribution in [3.8, 4) is 0 Å². The number of carboxylic acids is 1. The molecule has 0 aromatic carbocycles. The van der Waals surface area contributed by atoms with Gasteiger partial charge in [-0.15, -0.1) is 11.3 Å². The summed E-state index contributed by atoms with van der Waals surface area (Å²) in [7, 11) is 0. The van der Waals surface area contributed by atoms with Gasteiger partial charge in [0.25, 0.3) is 0 Å². The second-order valence-corrected chi connectivity index (χ2v) is 6.02. The third-order valence-corrected chi connectivity index (χ3v) is 4.16. The van der Waals surface area contributed by atoms with Crippen molar-refractivity contribution in [1.82, 2.24) is 0 Å². The standard InChI is InChI=1S/C10H11BrO3S/c11-9-5-4-8(15-9)6-2-1-3-7(14-6)10(12)13/h4-7H,1-3H2,(H,12,13). The summed E-state index contributed by atoms with van der Waals surface area (Å²) >= 11 is 5.00. The second kappa shape index (κ2) is 4.63. The van der Waals surface area contributed by atoms with Gasteiger partial charge in [-0.1, -0.05) is 0 Å². The minimum absolute atomic E-state index is 0.0452. The predicted octanol–water partition coefficient (Wildman–Crippen LogP) is 3.21. The van der Waals surface area contributed by atoms with E-state index < -0.39 is 12.1 Å². The van der Waals surface area contributed by atoms with Gasteiger partial charge in [-0.25, -0.2) is 4.79 Å². The Kier molecular flexibility index (Phi) is 3.43. The highest BCUT2D eigenvalue weighted by atomic mass is 79.9. The maximum Gasteiger partial charge on any atom is 0.332 e. The molecule has 0 radical (unpaired) electrons. The van der Waals surface area contributed by atoms with E-state index in [-0.39, 0.29) is 6.10 Å². The van der Waals surface area contributed by atoms with E-state index in [0.29, 0.717) is 6.42 Å². The van der Waals surface area contributed by atoms with Gasteiger partial charge >= 0.3 is 5.97 Å². The Morgan fingerprint density at radius 1 is 1.53 bits per heavy atom. The summed E-state index contributed by atoms with van der Waals surface area (Å²) in [5.41, 5.74) is 0. The molecule has 1 aliphatic rings. The molecule has 15 heavy (non-hydrogen) atoms. The minimum Gasteiger partial charge on any atom is -0.479 e. The van der Waals surface area contributed by atoms with Crippen molar-refractivity contribution < 1.29 is 14.6 Å². The first-order valence-corrected chi connectivity index (χ1v) is 6.41. The molecule has 1 aromatic heterocycles. The number of aliphatic carboxylic acids is 1. The van der Waals surface area contributed by atoms with E-state index in [9.17, 15) is 4.79 Å². The van der Waals surface area contributed by atoms with Crippen LogP contribution in [0.4, 0.5) is 0 Å². The SMILES string of the molecule is O=C(O)C1CCCC(c2ccc(Br)s2)O1. The molecule has 0 aliphatic carbocycles. The lowest BCUT2D eigenvalue weighted by Crippen LogP contribution is -2.29. The van der Waals surface area contributed by atoms with Gasteiger partial charge in [0.05, 0.1) is 9.89 Å². The molecular weight excluding hydrogens is 280 g/mol. The quantitative estimate of drug-likeness (QED) is 0.910. The smallest absolute Gasteiger partial charge is 0.332 e. The van der Waals surface area contributed by atoms with Crippen LogP contribution in [0, 0.1) is 0 Å². The van der Waals surface area contributed by atoms with E-state index in [1.54, 1.807) is 11.3 Å². The topological polar surface area (TPSA) is 46.5 Å². The Morgan fingerprint density at radius 3 is 2.93 bits per heavy atom. The molecule has 3 nitrogen and oxygen atoms in total. The first-order chi connectivity index (χ1) is 7.16. The van der Waals surface area contributed by atoms with Crippen molar-refractivity contribution in [3.63, 3.8) is 0 Å².